The molecule has 0 saturated heterocycles. The molecule has 0 aliphatic carbocycles. The van der Waals surface area contributed by atoms with Crippen LogP contribution in [0.3, 0.4) is 0 Å². The van der Waals surface area contributed by atoms with Crippen molar-refractivity contribution < 1.29 is 0 Å². The van der Waals surface area contributed by atoms with Gasteiger partial charge in [0.25, 0.3) is 0 Å². The highest BCUT2D eigenvalue weighted by Gasteiger charge is 2.06. The predicted molar refractivity (Wildman–Crippen MR) is 67.5 cm³/mol. The molecule has 1 aromatic rings. The van der Waals surface area contributed by atoms with Gasteiger partial charge in [0.1, 0.15) is 0 Å². The van der Waals surface area contributed by atoms with Crippen LogP contribution < -0.4 is 11.1 Å². The fourth-order valence-corrected chi connectivity index (χ4v) is 1.36. The summed E-state index contributed by atoms with van der Waals surface area (Å²) in [6.45, 7) is 7.02. The number of hydrogen-bond acceptors (Lipinski definition) is 2. The molecule has 1 aromatic heterocycles. The zero-order valence-corrected chi connectivity index (χ0v) is 10.5. The van der Waals surface area contributed by atoms with E-state index in [0.29, 0.717) is 11.9 Å². The van der Waals surface area contributed by atoms with Gasteiger partial charge in [0, 0.05) is 19.8 Å². The van der Waals surface area contributed by atoms with Crippen molar-refractivity contribution in [1.82, 2.24) is 9.78 Å². The minimum absolute atomic E-state index is 0.455. The van der Waals surface area contributed by atoms with Gasteiger partial charge in [-0.3, -0.25) is 9.67 Å². The van der Waals surface area contributed by atoms with Gasteiger partial charge in [0.05, 0.1) is 11.4 Å². The average Bonchev–Trinajstić information content (AvgIpc) is 2.55. The number of nitrogens with zero attached hydrogens (tertiary/aromatic N) is 3. The first-order valence-electron chi connectivity index (χ1n) is 5.62. The number of aliphatic imine (C=N–C) groups is 1. The van der Waals surface area contributed by atoms with Gasteiger partial charge in [-0.1, -0.05) is 20.8 Å². The monoisotopic (exact) mass is 223 g/mol. The lowest BCUT2D eigenvalue weighted by molar-refractivity contribution is 0.665. The molecule has 1 rings (SSSR count). The van der Waals surface area contributed by atoms with Gasteiger partial charge in [-0.15, -0.1) is 0 Å². The van der Waals surface area contributed by atoms with E-state index in [2.05, 4.69) is 36.2 Å². The standard InChI is InChI=1S/C11H21N5/c1-5-9-10(7-16(4)15-9)14-11(12)13-6-8(2)3/h7-8H,5-6H2,1-4H3,(H3,12,13,14). The number of nitrogens with two attached hydrogens (primary N) is 1. The van der Waals surface area contributed by atoms with Crippen molar-refractivity contribution in [2.75, 3.05) is 11.9 Å². The fourth-order valence-electron chi connectivity index (χ4n) is 1.36. The maximum Gasteiger partial charge on any atom is 0.193 e. The minimum atomic E-state index is 0.455. The molecule has 90 valence electrons. The molecule has 0 spiro atoms. The lowest BCUT2D eigenvalue weighted by Crippen LogP contribution is -2.23. The normalized spacial score (nSPS) is 12.2. The Labute approximate surface area is 96.7 Å². The summed E-state index contributed by atoms with van der Waals surface area (Å²) in [5, 5.41) is 7.40. The van der Waals surface area contributed by atoms with E-state index in [9.17, 15) is 0 Å². The van der Waals surface area contributed by atoms with E-state index in [0.717, 1.165) is 24.3 Å². The quantitative estimate of drug-likeness (QED) is 0.598. The Morgan fingerprint density at radius 1 is 1.62 bits per heavy atom. The molecule has 0 unspecified atom stereocenters. The number of hydrogen-bond donors (Lipinski definition) is 2. The van der Waals surface area contributed by atoms with Crippen LogP contribution in [0.2, 0.25) is 0 Å². The van der Waals surface area contributed by atoms with Crippen LogP contribution in [-0.2, 0) is 13.5 Å². The summed E-state index contributed by atoms with van der Waals surface area (Å²) in [7, 11) is 1.89. The maximum atomic E-state index is 5.79. The Bertz CT molecular complexity index is 364. The molecule has 5 heteroatoms. The average molecular weight is 223 g/mol. The highest BCUT2D eigenvalue weighted by Crippen LogP contribution is 2.12. The van der Waals surface area contributed by atoms with Crippen molar-refractivity contribution in [1.29, 1.82) is 0 Å². The molecule has 0 radical (unpaired) electrons. The third-order valence-corrected chi connectivity index (χ3v) is 2.13. The van der Waals surface area contributed by atoms with Gasteiger partial charge in [0.15, 0.2) is 5.96 Å². The van der Waals surface area contributed by atoms with Gasteiger partial charge in [-0.05, 0) is 12.3 Å². The Balaban J connectivity index is 2.68. The van der Waals surface area contributed by atoms with Gasteiger partial charge < -0.3 is 11.1 Å². The van der Waals surface area contributed by atoms with Crippen molar-refractivity contribution in [3.05, 3.63) is 11.9 Å². The first-order valence-corrected chi connectivity index (χ1v) is 5.62. The third-order valence-electron chi connectivity index (χ3n) is 2.13. The van der Waals surface area contributed by atoms with E-state index in [1.54, 1.807) is 4.68 Å². The van der Waals surface area contributed by atoms with Crippen LogP contribution in [0.25, 0.3) is 0 Å². The van der Waals surface area contributed by atoms with Crippen LogP contribution in [0.1, 0.15) is 26.5 Å². The Morgan fingerprint density at radius 3 is 2.88 bits per heavy atom. The second kappa shape index (κ2) is 5.53. The summed E-state index contributed by atoms with van der Waals surface area (Å²) >= 11 is 0. The largest absolute Gasteiger partial charge is 0.370 e. The van der Waals surface area contributed by atoms with Crippen molar-refractivity contribution in [2.45, 2.75) is 27.2 Å². The number of aryl methyl sites for hydroxylation is 2. The van der Waals surface area contributed by atoms with Crippen LogP contribution >= 0.6 is 0 Å². The molecule has 3 N–H and O–H groups in total. The predicted octanol–water partition coefficient (Wildman–Crippen LogP) is 1.37. The van der Waals surface area contributed by atoms with E-state index in [-0.39, 0.29) is 0 Å². The Hall–Kier alpha value is -1.52. The molecule has 0 fully saturated rings. The van der Waals surface area contributed by atoms with Gasteiger partial charge in [0.2, 0.25) is 0 Å². The molecular formula is C11H21N5. The molecule has 0 bridgehead atoms. The highest BCUT2D eigenvalue weighted by atomic mass is 15.3. The molecule has 5 nitrogen and oxygen atoms in total. The maximum absolute atomic E-state index is 5.79. The first kappa shape index (κ1) is 12.5. The van der Waals surface area contributed by atoms with Crippen LogP contribution in [0.4, 0.5) is 5.69 Å². The first-order chi connectivity index (χ1) is 7.52. The zero-order valence-electron chi connectivity index (χ0n) is 10.5. The second-order valence-electron chi connectivity index (χ2n) is 4.26. The molecule has 0 aliphatic rings. The minimum Gasteiger partial charge on any atom is -0.370 e. The fraction of sp³-hybridized carbons (Fsp3) is 0.636. The van der Waals surface area contributed by atoms with E-state index >= 15 is 0 Å². The molecule has 0 amide bonds. The molecule has 0 aliphatic heterocycles. The molecule has 0 saturated carbocycles. The number of anilines is 1. The van der Waals surface area contributed by atoms with Crippen LogP contribution in [0.5, 0.6) is 0 Å². The molecule has 16 heavy (non-hydrogen) atoms. The summed E-state index contributed by atoms with van der Waals surface area (Å²) in [4.78, 5) is 4.25. The van der Waals surface area contributed by atoms with E-state index < -0.39 is 0 Å². The highest BCUT2D eigenvalue weighted by molar-refractivity contribution is 5.92. The number of nitrogens with one attached hydrogen (secondary N) is 1. The van der Waals surface area contributed by atoms with E-state index in [4.69, 9.17) is 5.73 Å². The van der Waals surface area contributed by atoms with Crippen molar-refractivity contribution in [2.24, 2.45) is 23.7 Å². The van der Waals surface area contributed by atoms with Crippen LogP contribution in [-0.4, -0.2) is 22.3 Å². The van der Waals surface area contributed by atoms with Gasteiger partial charge >= 0.3 is 0 Å². The van der Waals surface area contributed by atoms with Gasteiger partial charge in [-0.2, -0.15) is 5.10 Å². The third kappa shape index (κ3) is 3.56. The summed E-state index contributed by atoms with van der Waals surface area (Å²) in [6.07, 6.45) is 2.79. The molecule has 0 atom stereocenters. The second-order valence-corrected chi connectivity index (χ2v) is 4.26. The van der Waals surface area contributed by atoms with Crippen molar-refractivity contribution in [3.63, 3.8) is 0 Å². The smallest absolute Gasteiger partial charge is 0.193 e. The SMILES string of the molecule is CCc1nn(C)cc1NC(N)=NCC(C)C. The zero-order chi connectivity index (χ0) is 12.1. The molecule has 0 aromatic carbocycles. The van der Waals surface area contributed by atoms with Crippen molar-refractivity contribution >= 4 is 11.6 Å². The van der Waals surface area contributed by atoms with E-state index in [1.165, 1.54) is 0 Å². The summed E-state index contributed by atoms with van der Waals surface area (Å²) < 4.78 is 1.77. The Kier molecular flexibility index (Phi) is 4.34. The molecule has 1 heterocycles. The summed E-state index contributed by atoms with van der Waals surface area (Å²) in [5.74, 6) is 0.969. The number of guanidine groups is 1. The van der Waals surface area contributed by atoms with Crippen LogP contribution in [0.15, 0.2) is 11.2 Å². The Morgan fingerprint density at radius 2 is 2.31 bits per heavy atom. The van der Waals surface area contributed by atoms with Crippen molar-refractivity contribution in [3.8, 4) is 0 Å². The number of aromatic nitrogens is 2. The lowest BCUT2D eigenvalue weighted by atomic mass is 10.2. The van der Waals surface area contributed by atoms with Crippen LogP contribution in [0, 0.1) is 5.92 Å². The molecular weight excluding hydrogens is 202 g/mol. The summed E-state index contributed by atoms with van der Waals surface area (Å²) in [5.41, 5.74) is 7.73. The number of rotatable bonds is 4. The topological polar surface area (TPSA) is 68.2 Å². The van der Waals surface area contributed by atoms with Gasteiger partial charge in [-0.25, -0.2) is 0 Å². The summed E-state index contributed by atoms with van der Waals surface area (Å²) in [6, 6.07) is 0. The van der Waals surface area contributed by atoms with E-state index in [1.807, 2.05) is 13.2 Å². The lowest BCUT2D eigenvalue weighted by Gasteiger charge is -2.05.